The van der Waals surface area contributed by atoms with Crippen LogP contribution in [0.15, 0.2) is 58.9 Å². The third kappa shape index (κ3) is 3.47. The summed E-state index contributed by atoms with van der Waals surface area (Å²) in [4.78, 5) is 10.2. The Morgan fingerprint density at radius 2 is 2.12 bits per heavy atom. The minimum absolute atomic E-state index is 0.198. The SMILES string of the molecule is CCOc1ccc2nc(-c3cc(N=Cc4cccs4)ccc3O)sc2c1. The Morgan fingerprint density at radius 1 is 1.19 bits per heavy atom. The second-order valence-electron chi connectivity index (χ2n) is 5.56. The molecule has 2 heterocycles. The molecule has 0 fully saturated rings. The Kier molecular flexibility index (Phi) is 4.69. The van der Waals surface area contributed by atoms with E-state index in [2.05, 4.69) is 9.98 Å². The quantitative estimate of drug-likeness (QED) is 0.440. The first kappa shape index (κ1) is 16.8. The van der Waals surface area contributed by atoms with Crippen LogP contribution in [-0.2, 0) is 0 Å². The van der Waals surface area contributed by atoms with E-state index in [0.717, 1.165) is 31.5 Å². The molecule has 0 spiro atoms. The van der Waals surface area contributed by atoms with Gasteiger partial charge in [-0.25, -0.2) is 4.98 Å². The van der Waals surface area contributed by atoms with Crippen LogP contribution in [0.4, 0.5) is 5.69 Å². The van der Waals surface area contributed by atoms with Crippen LogP contribution in [0, 0.1) is 0 Å². The summed E-state index contributed by atoms with van der Waals surface area (Å²) < 4.78 is 6.58. The molecule has 4 aromatic rings. The van der Waals surface area contributed by atoms with E-state index in [9.17, 15) is 5.11 Å². The van der Waals surface area contributed by atoms with Gasteiger partial charge in [0.1, 0.15) is 16.5 Å². The van der Waals surface area contributed by atoms with Crippen molar-refractivity contribution in [3.05, 3.63) is 58.8 Å². The van der Waals surface area contributed by atoms with Gasteiger partial charge in [-0.3, -0.25) is 4.99 Å². The van der Waals surface area contributed by atoms with Gasteiger partial charge in [-0.15, -0.1) is 22.7 Å². The Morgan fingerprint density at radius 3 is 2.92 bits per heavy atom. The van der Waals surface area contributed by atoms with Gasteiger partial charge in [0.25, 0.3) is 0 Å². The summed E-state index contributed by atoms with van der Waals surface area (Å²) >= 11 is 3.16. The van der Waals surface area contributed by atoms with Crippen molar-refractivity contribution in [2.24, 2.45) is 4.99 Å². The lowest BCUT2D eigenvalue weighted by Gasteiger charge is -2.02. The highest BCUT2D eigenvalue weighted by Crippen LogP contribution is 2.38. The predicted molar refractivity (Wildman–Crippen MR) is 109 cm³/mol. The summed E-state index contributed by atoms with van der Waals surface area (Å²) in [6, 6.07) is 15.2. The first-order valence-electron chi connectivity index (χ1n) is 8.17. The zero-order valence-electron chi connectivity index (χ0n) is 14.0. The maximum absolute atomic E-state index is 10.3. The first-order valence-corrected chi connectivity index (χ1v) is 9.87. The number of hydrogen-bond donors (Lipinski definition) is 1. The van der Waals surface area contributed by atoms with Gasteiger partial charge in [-0.2, -0.15) is 0 Å². The zero-order chi connectivity index (χ0) is 17.9. The van der Waals surface area contributed by atoms with E-state index < -0.39 is 0 Å². The van der Waals surface area contributed by atoms with Crippen molar-refractivity contribution >= 4 is 44.8 Å². The molecule has 130 valence electrons. The standard InChI is InChI=1S/C20H16N2O2S2/c1-2-24-14-6-7-17-19(11-14)26-20(22-17)16-10-13(5-8-18(16)23)21-12-15-4-3-9-25-15/h3-12,23H,2H2,1H3. The highest BCUT2D eigenvalue weighted by molar-refractivity contribution is 7.21. The number of benzene rings is 2. The predicted octanol–water partition coefficient (Wildman–Crippen LogP) is 5.88. The average molecular weight is 380 g/mol. The topological polar surface area (TPSA) is 54.7 Å². The lowest BCUT2D eigenvalue weighted by atomic mass is 10.2. The Labute approximate surface area is 159 Å². The molecule has 0 saturated heterocycles. The summed E-state index contributed by atoms with van der Waals surface area (Å²) in [7, 11) is 0. The largest absolute Gasteiger partial charge is 0.507 e. The van der Waals surface area contributed by atoms with Crippen molar-refractivity contribution in [2.75, 3.05) is 6.61 Å². The van der Waals surface area contributed by atoms with Crippen LogP contribution < -0.4 is 4.74 Å². The van der Waals surface area contributed by atoms with Crippen molar-refractivity contribution in [3.63, 3.8) is 0 Å². The Bertz CT molecular complexity index is 1070. The summed E-state index contributed by atoms with van der Waals surface area (Å²) in [6.07, 6.45) is 1.83. The molecule has 1 N–H and O–H groups in total. The molecular weight excluding hydrogens is 364 g/mol. The van der Waals surface area contributed by atoms with E-state index in [0.29, 0.717) is 12.2 Å². The maximum atomic E-state index is 10.3. The highest BCUT2D eigenvalue weighted by Gasteiger charge is 2.12. The molecule has 2 aromatic carbocycles. The Balaban J connectivity index is 1.70. The van der Waals surface area contributed by atoms with Crippen molar-refractivity contribution in [3.8, 4) is 22.1 Å². The summed E-state index contributed by atoms with van der Waals surface area (Å²) in [5.74, 6) is 1.03. The lowest BCUT2D eigenvalue weighted by molar-refractivity contribution is 0.341. The average Bonchev–Trinajstić information content (AvgIpc) is 3.30. The molecule has 0 aliphatic carbocycles. The third-order valence-electron chi connectivity index (χ3n) is 3.77. The number of nitrogens with zero attached hydrogens (tertiary/aromatic N) is 2. The van der Waals surface area contributed by atoms with Gasteiger partial charge in [0.15, 0.2) is 0 Å². The van der Waals surface area contributed by atoms with E-state index in [4.69, 9.17) is 4.74 Å². The Hall–Kier alpha value is -2.70. The van der Waals surface area contributed by atoms with Crippen LogP contribution in [0.25, 0.3) is 20.8 Å². The van der Waals surface area contributed by atoms with Gasteiger partial charge in [0.2, 0.25) is 0 Å². The normalized spacial score (nSPS) is 11.4. The molecule has 0 aliphatic heterocycles. The number of thiazole rings is 1. The number of aromatic nitrogens is 1. The van der Waals surface area contributed by atoms with Crippen molar-refractivity contribution in [1.82, 2.24) is 4.98 Å². The minimum Gasteiger partial charge on any atom is -0.507 e. The molecule has 0 bridgehead atoms. The molecule has 4 rings (SSSR count). The second-order valence-corrected chi connectivity index (χ2v) is 7.57. The molecule has 4 nitrogen and oxygen atoms in total. The monoisotopic (exact) mass is 380 g/mol. The molecule has 0 atom stereocenters. The van der Waals surface area contributed by atoms with Crippen LogP contribution in [-0.4, -0.2) is 22.9 Å². The first-order chi connectivity index (χ1) is 12.7. The van der Waals surface area contributed by atoms with E-state index in [-0.39, 0.29) is 5.75 Å². The van der Waals surface area contributed by atoms with E-state index in [1.165, 1.54) is 11.3 Å². The van der Waals surface area contributed by atoms with E-state index in [1.807, 2.05) is 54.9 Å². The lowest BCUT2D eigenvalue weighted by Crippen LogP contribution is -1.89. The molecular formula is C20H16N2O2S2. The number of fused-ring (bicyclic) bond motifs is 1. The molecule has 0 saturated carbocycles. The highest BCUT2D eigenvalue weighted by atomic mass is 32.1. The van der Waals surface area contributed by atoms with Crippen LogP contribution >= 0.6 is 22.7 Å². The molecule has 0 amide bonds. The zero-order valence-corrected chi connectivity index (χ0v) is 15.7. The fourth-order valence-electron chi connectivity index (χ4n) is 2.56. The number of thiophene rings is 1. The van der Waals surface area contributed by atoms with Gasteiger partial charge < -0.3 is 9.84 Å². The fraction of sp³-hybridized carbons (Fsp3) is 0.100. The van der Waals surface area contributed by atoms with Crippen LogP contribution in [0.5, 0.6) is 11.5 Å². The number of aromatic hydroxyl groups is 1. The number of phenols is 1. The van der Waals surface area contributed by atoms with Gasteiger partial charge in [-0.1, -0.05) is 6.07 Å². The fourth-order valence-corrected chi connectivity index (χ4v) is 4.16. The van der Waals surface area contributed by atoms with Crippen LogP contribution in [0.2, 0.25) is 0 Å². The third-order valence-corrected chi connectivity index (χ3v) is 5.62. The number of aliphatic imine (C=N–C) groups is 1. The second kappa shape index (κ2) is 7.27. The summed E-state index contributed by atoms with van der Waals surface area (Å²) in [6.45, 7) is 2.59. The van der Waals surface area contributed by atoms with Gasteiger partial charge in [-0.05, 0) is 54.8 Å². The number of phenolic OH excluding ortho intramolecular Hbond substituents is 1. The minimum atomic E-state index is 0.198. The maximum Gasteiger partial charge on any atom is 0.128 e. The van der Waals surface area contributed by atoms with Crippen LogP contribution in [0.3, 0.4) is 0 Å². The summed E-state index contributed by atoms with van der Waals surface area (Å²) in [5.41, 5.74) is 2.35. The van der Waals surface area contributed by atoms with Gasteiger partial charge in [0.05, 0.1) is 28.1 Å². The number of rotatable bonds is 5. The summed E-state index contributed by atoms with van der Waals surface area (Å²) in [5, 5.41) is 13.1. The molecule has 2 aromatic heterocycles. The van der Waals surface area contributed by atoms with Crippen molar-refractivity contribution in [1.29, 1.82) is 0 Å². The van der Waals surface area contributed by atoms with E-state index in [1.54, 1.807) is 23.5 Å². The van der Waals surface area contributed by atoms with Crippen LogP contribution in [0.1, 0.15) is 11.8 Å². The van der Waals surface area contributed by atoms with Gasteiger partial charge >= 0.3 is 0 Å². The van der Waals surface area contributed by atoms with Gasteiger partial charge in [0, 0.05) is 11.1 Å². The van der Waals surface area contributed by atoms with E-state index >= 15 is 0 Å². The molecule has 0 aliphatic rings. The van der Waals surface area contributed by atoms with Crippen molar-refractivity contribution in [2.45, 2.75) is 6.92 Å². The molecule has 0 radical (unpaired) electrons. The molecule has 0 unspecified atom stereocenters. The molecule has 26 heavy (non-hydrogen) atoms. The number of ether oxygens (including phenoxy) is 1. The van der Waals surface area contributed by atoms with Crippen molar-refractivity contribution < 1.29 is 9.84 Å². The number of hydrogen-bond acceptors (Lipinski definition) is 6. The molecule has 6 heteroatoms. The smallest absolute Gasteiger partial charge is 0.128 e.